The lowest BCUT2D eigenvalue weighted by molar-refractivity contribution is -0.117. The Hall–Kier alpha value is -1.41. The number of carbonyl (C=O) groups excluding carboxylic acids is 2. The van der Waals surface area contributed by atoms with Gasteiger partial charge in [0.2, 0.25) is 11.9 Å². The van der Waals surface area contributed by atoms with Gasteiger partial charge in [-0.2, -0.15) is 0 Å². The molecule has 6 nitrogen and oxygen atoms in total. The van der Waals surface area contributed by atoms with Crippen LogP contribution in [-0.4, -0.2) is 24.3 Å². The van der Waals surface area contributed by atoms with Crippen molar-refractivity contribution in [1.82, 2.24) is 10.6 Å². The highest BCUT2D eigenvalue weighted by Gasteiger charge is 2.18. The summed E-state index contributed by atoms with van der Waals surface area (Å²) in [6.07, 6.45) is 4.51. The zero-order chi connectivity index (χ0) is 14.7. The van der Waals surface area contributed by atoms with Crippen LogP contribution in [0.3, 0.4) is 0 Å². The van der Waals surface area contributed by atoms with E-state index in [0.29, 0.717) is 25.0 Å². The van der Waals surface area contributed by atoms with E-state index in [9.17, 15) is 9.59 Å². The van der Waals surface area contributed by atoms with Gasteiger partial charge in [0.05, 0.1) is 0 Å². The highest BCUT2D eigenvalue weighted by atomic mass is 79.9. The molecule has 0 aromatic rings. The number of nitrogens with two attached hydrogens (primary N) is 1. The van der Waals surface area contributed by atoms with Gasteiger partial charge in [-0.25, -0.2) is 4.99 Å². The zero-order valence-corrected chi connectivity index (χ0v) is 13.5. The Balaban J connectivity index is 1.78. The highest BCUT2D eigenvalue weighted by molar-refractivity contribution is 9.14. The summed E-state index contributed by atoms with van der Waals surface area (Å²) in [4.78, 5) is 27.0. The molecule has 0 spiro atoms. The smallest absolute Gasteiger partial charge is 0.276 e. The summed E-state index contributed by atoms with van der Waals surface area (Å²) in [6.45, 7) is 0.428. The van der Waals surface area contributed by atoms with Gasteiger partial charge in [0.25, 0.3) is 5.91 Å². The fourth-order valence-corrected chi connectivity index (χ4v) is 2.55. The van der Waals surface area contributed by atoms with Crippen LogP contribution < -0.4 is 16.4 Å². The van der Waals surface area contributed by atoms with E-state index in [2.05, 4.69) is 47.5 Å². The second-order valence-electron chi connectivity index (χ2n) is 4.18. The van der Waals surface area contributed by atoms with Gasteiger partial charge in [0.15, 0.2) is 0 Å². The third kappa shape index (κ3) is 3.57. The first-order valence-electron chi connectivity index (χ1n) is 5.86. The van der Waals surface area contributed by atoms with Gasteiger partial charge < -0.3 is 11.1 Å². The molecule has 0 bridgehead atoms. The fraction of sp³-hybridized carbons (Fsp3) is 0.250. The minimum absolute atomic E-state index is 0.0992. The molecule has 0 atom stereocenters. The molecule has 0 aromatic carbocycles. The minimum Gasteiger partial charge on any atom is -0.369 e. The molecule has 8 heteroatoms. The van der Waals surface area contributed by atoms with Crippen molar-refractivity contribution < 1.29 is 9.59 Å². The number of guanidine groups is 1. The summed E-state index contributed by atoms with van der Waals surface area (Å²) in [5.41, 5.74) is 6.34. The van der Waals surface area contributed by atoms with Crippen LogP contribution in [0.15, 0.2) is 37.4 Å². The number of hydrogen-bond donors (Lipinski definition) is 3. The molecule has 0 saturated heterocycles. The first-order chi connectivity index (χ1) is 9.47. The van der Waals surface area contributed by atoms with Gasteiger partial charge in [-0.1, -0.05) is 22.0 Å². The number of amides is 2. The second kappa shape index (κ2) is 6.36. The first kappa shape index (κ1) is 15.0. The van der Waals surface area contributed by atoms with Crippen LogP contribution in [0, 0.1) is 0 Å². The molecule has 1 heterocycles. The molecule has 20 heavy (non-hydrogen) atoms. The topological polar surface area (TPSA) is 96.6 Å². The summed E-state index contributed by atoms with van der Waals surface area (Å²) >= 11 is 6.72. The van der Waals surface area contributed by atoms with Crippen molar-refractivity contribution in [3.05, 3.63) is 32.4 Å². The zero-order valence-electron chi connectivity index (χ0n) is 10.4. The Kier molecular flexibility index (Phi) is 4.77. The molecule has 0 fully saturated rings. The van der Waals surface area contributed by atoms with Crippen LogP contribution in [0.5, 0.6) is 0 Å². The number of nitrogens with zero attached hydrogens (tertiary/aromatic N) is 1. The van der Waals surface area contributed by atoms with Crippen molar-refractivity contribution in [2.24, 2.45) is 10.7 Å². The van der Waals surface area contributed by atoms with Crippen LogP contribution in [0.2, 0.25) is 0 Å². The summed E-state index contributed by atoms with van der Waals surface area (Å²) < 4.78 is 1.84. The number of halogens is 2. The van der Waals surface area contributed by atoms with Crippen LogP contribution in [0.25, 0.3) is 0 Å². The predicted molar refractivity (Wildman–Crippen MR) is 83.1 cm³/mol. The molecule has 0 aromatic heterocycles. The fourth-order valence-electron chi connectivity index (χ4n) is 1.72. The van der Waals surface area contributed by atoms with Crippen molar-refractivity contribution >= 4 is 49.6 Å². The number of rotatable bonds is 4. The van der Waals surface area contributed by atoms with Crippen molar-refractivity contribution in [3.8, 4) is 0 Å². The third-order valence-electron chi connectivity index (χ3n) is 2.68. The van der Waals surface area contributed by atoms with E-state index in [4.69, 9.17) is 5.73 Å². The van der Waals surface area contributed by atoms with Crippen molar-refractivity contribution in [3.63, 3.8) is 0 Å². The summed E-state index contributed by atoms with van der Waals surface area (Å²) in [5.74, 6) is -0.333. The Labute approximate surface area is 132 Å². The van der Waals surface area contributed by atoms with Crippen molar-refractivity contribution in [2.45, 2.75) is 12.8 Å². The summed E-state index contributed by atoms with van der Waals surface area (Å²) in [5, 5.41) is 5.16. The molecule has 1 aliphatic heterocycles. The first-order valence-corrected chi connectivity index (χ1v) is 7.44. The maximum absolute atomic E-state index is 11.9. The average molecular weight is 404 g/mol. The van der Waals surface area contributed by atoms with E-state index in [1.807, 2.05) is 0 Å². The quantitative estimate of drug-likeness (QED) is 0.485. The van der Waals surface area contributed by atoms with E-state index < -0.39 is 0 Å². The summed E-state index contributed by atoms with van der Waals surface area (Å²) in [6, 6.07) is 0. The van der Waals surface area contributed by atoms with Crippen LogP contribution >= 0.6 is 31.9 Å². The van der Waals surface area contributed by atoms with Gasteiger partial charge in [-0.05, 0) is 28.4 Å². The van der Waals surface area contributed by atoms with Gasteiger partial charge in [-0.15, -0.1) is 0 Å². The highest BCUT2D eigenvalue weighted by Crippen LogP contribution is 2.33. The molecular formula is C12H12Br2N4O2. The van der Waals surface area contributed by atoms with E-state index in [0.717, 1.165) is 8.96 Å². The molecule has 0 unspecified atom stereocenters. The lowest BCUT2D eigenvalue weighted by Crippen LogP contribution is -2.30. The van der Waals surface area contributed by atoms with Gasteiger partial charge in [0, 0.05) is 27.5 Å². The standard InChI is InChI=1S/C12H12Br2N4O2/c13-7-4-6(5-8(7)14)10(19)16-3-1-2-9-11(20)18-12(15)17-9/h2,4H,1,3,5H2,(H,16,19)(H3,15,17,18,20)/b9-2-. The van der Waals surface area contributed by atoms with Gasteiger partial charge in [-0.3, -0.25) is 14.9 Å². The molecule has 0 saturated carbocycles. The SMILES string of the molecule is NC1=N/C(=C\CCNC(=O)C2=CC(Br)=C(Br)C2)C(=O)N1. The monoisotopic (exact) mass is 402 g/mol. The van der Waals surface area contributed by atoms with E-state index >= 15 is 0 Å². The number of aliphatic imine (C=N–C) groups is 1. The number of nitrogens with one attached hydrogen (secondary N) is 2. The number of hydrogen-bond acceptors (Lipinski definition) is 4. The van der Waals surface area contributed by atoms with Crippen LogP contribution in [0.1, 0.15) is 12.8 Å². The predicted octanol–water partition coefficient (Wildman–Crippen LogP) is 1.15. The molecular weight excluding hydrogens is 392 g/mol. The molecule has 0 radical (unpaired) electrons. The Morgan fingerprint density at radius 3 is 2.85 bits per heavy atom. The lowest BCUT2D eigenvalue weighted by Gasteiger charge is -2.04. The van der Waals surface area contributed by atoms with Crippen LogP contribution in [-0.2, 0) is 9.59 Å². The molecule has 2 aliphatic rings. The van der Waals surface area contributed by atoms with Crippen molar-refractivity contribution in [2.75, 3.05) is 6.54 Å². The normalized spacial score (nSPS) is 20.1. The molecule has 106 valence electrons. The van der Waals surface area contributed by atoms with E-state index in [-0.39, 0.29) is 23.5 Å². The Bertz CT molecular complexity index is 590. The number of allylic oxidation sites excluding steroid dienone is 3. The molecule has 2 amide bonds. The Morgan fingerprint density at radius 2 is 2.30 bits per heavy atom. The maximum atomic E-state index is 11.9. The largest absolute Gasteiger partial charge is 0.369 e. The molecule has 1 aliphatic carbocycles. The number of carbonyl (C=O) groups is 2. The Morgan fingerprint density at radius 1 is 1.55 bits per heavy atom. The third-order valence-corrected chi connectivity index (χ3v) is 4.63. The lowest BCUT2D eigenvalue weighted by atomic mass is 10.2. The van der Waals surface area contributed by atoms with Crippen LogP contribution in [0.4, 0.5) is 0 Å². The van der Waals surface area contributed by atoms with E-state index in [1.165, 1.54) is 0 Å². The summed E-state index contributed by atoms with van der Waals surface area (Å²) in [7, 11) is 0. The average Bonchev–Trinajstić information content (AvgIpc) is 2.88. The van der Waals surface area contributed by atoms with Gasteiger partial charge in [0.1, 0.15) is 5.70 Å². The van der Waals surface area contributed by atoms with E-state index in [1.54, 1.807) is 12.2 Å². The van der Waals surface area contributed by atoms with Crippen molar-refractivity contribution in [1.29, 1.82) is 0 Å². The maximum Gasteiger partial charge on any atom is 0.276 e. The minimum atomic E-state index is -0.315. The molecule has 2 rings (SSSR count). The second-order valence-corrected chi connectivity index (χ2v) is 6.00. The molecule has 4 N–H and O–H groups in total. The van der Waals surface area contributed by atoms with Gasteiger partial charge >= 0.3 is 0 Å².